The molecule has 1 aromatic carbocycles. The molecule has 152 valence electrons. The van der Waals surface area contributed by atoms with Crippen LogP contribution in [0.4, 0.5) is 5.69 Å². The van der Waals surface area contributed by atoms with Gasteiger partial charge in [-0.05, 0) is 55.9 Å². The molecule has 1 aliphatic carbocycles. The molecule has 0 spiro atoms. The molecule has 0 radical (unpaired) electrons. The van der Waals surface area contributed by atoms with Crippen LogP contribution in [0.3, 0.4) is 0 Å². The Labute approximate surface area is 174 Å². The average Bonchev–Trinajstić information content (AvgIpc) is 3.07. The summed E-state index contributed by atoms with van der Waals surface area (Å²) in [6.45, 7) is 2.08. The Morgan fingerprint density at radius 3 is 2.69 bits per heavy atom. The van der Waals surface area contributed by atoms with E-state index in [1.165, 1.54) is 18.0 Å². The van der Waals surface area contributed by atoms with Crippen LogP contribution in [0.15, 0.2) is 18.3 Å². The van der Waals surface area contributed by atoms with Crippen molar-refractivity contribution in [3.05, 3.63) is 40.7 Å². The number of fused-ring (bicyclic) bond motifs is 3. The molecule has 29 heavy (non-hydrogen) atoms. The van der Waals surface area contributed by atoms with Gasteiger partial charge in [0, 0.05) is 47.3 Å². The number of aryl methyl sites for hydroxylation is 1. The molecule has 0 bridgehead atoms. The molecule has 2 aliphatic rings. The Bertz CT molecular complexity index is 1020. The number of hydrogen-bond donors (Lipinski definition) is 4. The Morgan fingerprint density at radius 2 is 2.03 bits per heavy atom. The zero-order chi connectivity index (χ0) is 20.6. The fourth-order valence-corrected chi connectivity index (χ4v) is 6.20. The summed E-state index contributed by atoms with van der Waals surface area (Å²) in [5.41, 5.74) is 12.0. The molecule has 6 nitrogen and oxygen atoms in total. The second-order valence-corrected chi connectivity index (χ2v) is 9.80. The first-order chi connectivity index (χ1) is 14.0. The molecular weight excluding hydrogens is 382 g/mol. The summed E-state index contributed by atoms with van der Waals surface area (Å²) in [4.78, 5) is 4.91. The fourth-order valence-electron chi connectivity index (χ4n) is 4.44. The van der Waals surface area contributed by atoms with Crippen molar-refractivity contribution < 1.29 is 4.55 Å². The third-order valence-corrected chi connectivity index (χ3v) is 7.67. The second kappa shape index (κ2) is 7.80. The molecule has 4 rings (SSSR count). The average molecular weight is 410 g/mol. The van der Waals surface area contributed by atoms with Gasteiger partial charge in [0.1, 0.15) is 11.5 Å². The van der Waals surface area contributed by atoms with Gasteiger partial charge in [0.05, 0.1) is 16.7 Å². The van der Waals surface area contributed by atoms with E-state index >= 15 is 0 Å². The Hall–Kier alpha value is -2.38. The van der Waals surface area contributed by atoms with Crippen LogP contribution in [0.25, 0.3) is 16.5 Å². The minimum absolute atomic E-state index is 0.210. The molecule has 5 N–H and O–H groups in total. The van der Waals surface area contributed by atoms with E-state index in [9.17, 15) is 4.55 Å². The lowest BCUT2D eigenvalue weighted by Gasteiger charge is -2.24. The highest BCUT2D eigenvalue weighted by molar-refractivity contribution is 7.91. The number of benzene rings is 1. The molecule has 2 atom stereocenters. The molecule has 1 fully saturated rings. The van der Waals surface area contributed by atoms with Gasteiger partial charge >= 0.3 is 0 Å². The lowest BCUT2D eigenvalue weighted by Crippen LogP contribution is -2.40. The summed E-state index contributed by atoms with van der Waals surface area (Å²) in [6, 6.07) is 3.71. The number of nitrogen functional groups attached to an aromatic ring is 1. The zero-order valence-electron chi connectivity index (χ0n) is 16.7. The number of hydrogen-bond acceptors (Lipinski definition) is 6. The number of aromatic nitrogens is 1. The highest BCUT2D eigenvalue weighted by atomic mass is 32.2. The van der Waals surface area contributed by atoms with Gasteiger partial charge in [-0.15, -0.1) is 0 Å². The number of nitrogens with zero attached hydrogens (tertiary/aromatic N) is 1. The van der Waals surface area contributed by atoms with Crippen LogP contribution in [0, 0.1) is 10.8 Å². The molecule has 0 saturated carbocycles. The van der Waals surface area contributed by atoms with Gasteiger partial charge in [-0.3, -0.25) is 0 Å². The molecule has 2 aromatic rings. The van der Waals surface area contributed by atoms with E-state index in [1.54, 1.807) is 6.07 Å². The lowest BCUT2D eigenvalue weighted by atomic mass is 9.85. The lowest BCUT2D eigenvalue weighted by molar-refractivity contribution is 0.454. The topological polar surface area (TPSA) is 122 Å². The minimum Gasteiger partial charge on any atom is -0.616 e. The van der Waals surface area contributed by atoms with E-state index in [1.807, 2.05) is 12.3 Å². The predicted molar refractivity (Wildman–Crippen MR) is 121 cm³/mol. The number of pyridine rings is 1. The summed E-state index contributed by atoms with van der Waals surface area (Å²) in [5, 5.41) is 20.3. The van der Waals surface area contributed by atoms with E-state index in [0.717, 1.165) is 65.4 Å². The number of nitrogens with one attached hydrogen (secondary N) is 3. The minimum atomic E-state index is -0.778. The van der Waals surface area contributed by atoms with Gasteiger partial charge in [0.25, 0.3) is 0 Å². The van der Waals surface area contributed by atoms with Crippen LogP contribution >= 0.6 is 0 Å². The first-order valence-corrected chi connectivity index (χ1v) is 11.5. The number of rotatable bonds is 5. The normalized spacial score (nSPS) is 24.3. The van der Waals surface area contributed by atoms with Crippen molar-refractivity contribution in [3.63, 3.8) is 0 Å². The zero-order valence-corrected chi connectivity index (χ0v) is 17.5. The first kappa shape index (κ1) is 19.9. The highest BCUT2D eigenvalue weighted by Crippen LogP contribution is 2.35. The maximum atomic E-state index is 11.8. The highest BCUT2D eigenvalue weighted by Gasteiger charge is 2.37. The largest absolute Gasteiger partial charge is 0.616 e. The van der Waals surface area contributed by atoms with Crippen LogP contribution in [-0.2, 0) is 24.0 Å². The maximum absolute atomic E-state index is 11.8. The van der Waals surface area contributed by atoms with Gasteiger partial charge in [0.15, 0.2) is 0 Å². The number of allylic oxidation sites excluding steroid dienone is 1. The number of nitrogens with two attached hydrogens (primary N) is 1. The SMILES string of the molecule is CC1(N/C=C(\C=N)c2nc3ccc(N)c(C=N)c3c3c2CCCC3)CC[S+]([O-])C1. The molecule has 7 heteroatoms. The van der Waals surface area contributed by atoms with Crippen molar-refractivity contribution in [1.82, 2.24) is 10.3 Å². The van der Waals surface area contributed by atoms with Crippen molar-refractivity contribution >= 4 is 45.8 Å². The van der Waals surface area contributed by atoms with E-state index in [0.29, 0.717) is 17.2 Å². The third-order valence-electron chi connectivity index (χ3n) is 6.06. The quantitative estimate of drug-likeness (QED) is 0.344. The Balaban J connectivity index is 1.84. The van der Waals surface area contributed by atoms with Crippen molar-refractivity contribution in [2.24, 2.45) is 0 Å². The van der Waals surface area contributed by atoms with Gasteiger partial charge < -0.3 is 26.4 Å². The van der Waals surface area contributed by atoms with Crippen LogP contribution in [0.2, 0.25) is 0 Å². The number of anilines is 1. The predicted octanol–water partition coefficient (Wildman–Crippen LogP) is 3.18. The fraction of sp³-hybridized carbons (Fsp3) is 0.409. The van der Waals surface area contributed by atoms with Crippen molar-refractivity contribution in [1.29, 1.82) is 10.8 Å². The smallest absolute Gasteiger partial charge is 0.128 e. The Kier molecular flexibility index (Phi) is 5.36. The summed E-state index contributed by atoms with van der Waals surface area (Å²) < 4.78 is 11.8. The summed E-state index contributed by atoms with van der Waals surface area (Å²) in [5.74, 6) is 1.34. The van der Waals surface area contributed by atoms with Crippen LogP contribution in [-0.4, -0.2) is 39.0 Å². The van der Waals surface area contributed by atoms with E-state index < -0.39 is 11.2 Å². The third kappa shape index (κ3) is 3.65. The van der Waals surface area contributed by atoms with Crippen LogP contribution < -0.4 is 11.1 Å². The van der Waals surface area contributed by atoms with Gasteiger partial charge in [-0.2, -0.15) is 0 Å². The summed E-state index contributed by atoms with van der Waals surface area (Å²) in [6.07, 6.45) is 9.42. The van der Waals surface area contributed by atoms with Crippen molar-refractivity contribution in [3.8, 4) is 0 Å². The van der Waals surface area contributed by atoms with Gasteiger partial charge in [-0.1, -0.05) is 11.2 Å². The molecule has 2 unspecified atom stereocenters. The van der Waals surface area contributed by atoms with Gasteiger partial charge in [-0.25, -0.2) is 4.98 Å². The van der Waals surface area contributed by atoms with Crippen LogP contribution in [0.1, 0.15) is 48.6 Å². The Morgan fingerprint density at radius 1 is 1.28 bits per heavy atom. The van der Waals surface area contributed by atoms with Crippen molar-refractivity contribution in [2.75, 3.05) is 17.2 Å². The molecule has 2 heterocycles. The van der Waals surface area contributed by atoms with E-state index in [-0.39, 0.29) is 5.54 Å². The van der Waals surface area contributed by atoms with Crippen molar-refractivity contribution in [2.45, 2.75) is 44.6 Å². The molecule has 1 aromatic heterocycles. The first-order valence-electron chi connectivity index (χ1n) is 10.0. The van der Waals surface area contributed by atoms with E-state index in [4.69, 9.17) is 21.5 Å². The van der Waals surface area contributed by atoms with Gasteiger partial charge in [0.2, 0.25) is 0 Å². The monoisotopic (exact) mass is 409 g/mol. The summed E-state index contributed by atoms with van der Waals surface area (Å²) >= 11 is -0.778. The molecule has 1 aliphatic heterocycles. The molecule has 0 amide bonds. The maximum Gasteiger partial charge on any atom is 0.128 e. The van der Waals surface area contributed by atoms with Crippen LogP contribution in [0.5, 0.6) is 0 Å². The summed E-state index contributed by atoms with van der Waals surface area (Å²) in [7, 11) is 0. The molecular formula is C22H27N5OS. The van der Waals surface area contributed by atoms with E-state index in [2.05, 4.69) is 12.2 Å². The second-order valence-electron chi connectivity index (χ2n) is 8.22. The standard InChI is InChI=1S/C22H27N5OS/c1-22(8-9-29(28)13-22)26-12-14(10-23)21-16-5-3-2-4-15(16)20-17(11-24)18(25)6-7-19(20)27-21/h6-7,10-12,23-24,26H,2-5,8-9,13,25H2,1H3/b14-12+,23-10?,24-11?. The molecule has 1 saturated heterocycles.